The van der Waals surface area contributed by atoms with Gasteiger partial charge in [-0.15, -0.1) is 0 Å². The van der Waals surface area contributed by atoms with Crippen molar-refractivity contribution in [2.75, 3.05) is 27.2 Å². The number of aromatic nitrogens is 2. The molecular formula is C19H26N4O2. The van der Waals surface area contributed by atoms with Crippen LogP contribution in [0.1, 0.15) is 17.7 Å². The number of ether oxygens (including phenoxy) is 1. The van der Waals surface area contributed by atoms with Crippen LogP contribution in [0.3, 0.4) is 0 Å². The molecule has 0 N–H and O–H groups in total. The van der Waals surface area contributed by atoms with Crippen LogP contribution in [0.25, 0.3) is 0 Å². The van der Waals surface area contributed by atoms with E-state index in [1.54, 1.807) is 6.20 Å². The van der Waals surface area contributed by atoms with E-state index in [1.165, 1.54) is 5.56 Å². The van der Waals surface area contributed by atoms with Crippen LogP contribution >= 0.6 is 0 Å². The zero-order chi connectivity index (χ0) is 17.8. The second kappa shape index (κ2) is 7.70. The average molecular weight is 342 g/mol. The quantitative estimate of drug-likeness (QED) is 0.833. The molecule has 134 valence electrons. The van der Waals surface area contributed by atoms with Gasteiger partial charge in [-0.3, -0.25) is 9.48 Å². The molecule has 1 aromatic heterocycles. The number of aryl methyl sites for hydroxylation is 2. The minimum absolute atomic E-state index is 0.0158. The molecule has 0 unspecified atom stereocenters. The van der Waals surface area contributed by atoms with E-state index < -0.39 is 0 Å². The minimum atomic E-state index is 0.0158. The van der Waals surface area contributed by atoms with E-state index in [0.29, 0.717) is 6.54 Å². The van der Waals surface area contributed by atoms with Crippen LogP contribution in [0.15, 0.2) is 36.5 Å². The molecule has 0 saturated heterocycles. The van der Waals surface area contributed by atoms with Gasteiger partial charge in [0.25, 0.3) is 5.91 Å². The van der Waals surface area contributed by atoms with Gasteiger partial charge < -0.3 is 14.5 Å². The van der Waals surface area contributed by atoms with Crippen LogP contribution in [0.4, 0.5) is 0 Å². The van der Waals surface area contributed by atoms with E-state index in [2.05, 4.69) is 10.00 Å². The van der Waals surface area contributed by atoms with Gasteiger partial charge in [-0.25, -0.2) is 0 Å². The van der Waals surface area contributed by atoms with Crippen molar-refractivity contribution in [3.8, 4) is 5.75 Å². The number of nitrogens with zero attached hydrogens (tertiary/aromatic N) is 4. The van der Waals surface area contributed by atoms with Crippen molar-refractivity contribution in [3.05, 3.63) is 47.8 Å². The highest BCUT2D eigenvalue weighted by Gasteiger charge is 2.28. The van der Waals surface area contributed by atoms with E-state index in [1.807, 2.05) is 60.9 Å². The van der Waals surface area contributed by atoms with Crippen molar-refractivity contribution in [1.29, 1.82) is 0 Å². The van der Waals surface area contributed by atoms with Crippen molar-refractivity contribution in [2.45, 2.75) is 32.5 Å². The van der Waals surface area contributed by atoms with Gasteiger partial charge in [0.15, 0.2) is 6.61 Å². The maximum Gasteiger partial charge on any atom is 0.261 e. The predicted octanol–water partition coefficient (Wildman–Crippen LogP) is 1.93. The number of benzene rings is 1. The third-order valence-corrected chi connectivity index (χ3v) is 4.53. The molecule has 0 fully saturated rings. The first-order chi connectivity index (χ1) is 12.0. The summed E-state index contributed by atoms with van der Waals surface area (Å²) in [4.78, 5) is 16.9. The van der Waals surface area contributed by atoms with Crippen LogP contribution in [0, 0.1) is 6.92 Å². The second-order valence-electron chi connectivity index (χ2n) is 6.87. The summed E-state index contributed by atoms with van der Waals surface area (Å²) >= 11 is 0. The minimum Gasteiger partial charge on any atom is -0.484 e. The first-order valence-electron chi connectivity index (χ1n) is 8.67. The summed E-state index contributed by atoms with van der Waals surface area (Å²) in [5.74, 6) is 0.741. The Morgan fingerprint density at radius 1 is 1.28 bits per heavy atom. The predicted molar refractivity (Wildman–Crippen MR) is 96.4 cm³/mol. The Hall–Kier alpha value is -2.34. The largest absolute Gasteiger partial charge is 0.484 e. The van der Waals surface area contributed by atoms with Gasteiger partial charge >= 0.3 is 0 Å². The average Bonchev–Trinajstić information content (AvgIpc) is 2.96. The number of fused-ring (bicyclic) bond motifs is 1. The van der Waals surface area contributed by atoms with Crippen molar-refractivity contribution >= 4 is 5.91 Å². The van der Waals surface area contributed by atoms with Crippen molar-refractivity contribution in [2.24, 2.45) is 0 Å². The molecule has 0 bridgehead atoms. The van der Waals surface area contributed by atoms with Crippen LogP contribution < -0.4 is 4.74 Å². The first kappa shape index (κ1) is 17.5. The lowest BCUT2D eigenvalue weighted by atomic mass is 10.1. The summed E-state index contributed by atoms with van der Waals surface area (Å²) < 4.78 is 7.71. The van der Waals surface area contributed by atoms with E-state index >= 15 is 0 Å². The standard InChI is InChI=1S/C19H26N4O2/c1-15-4-6-18(7-5-15)25-14-19(24)22-13-17-8-10-20-23(17)11-9-16(22)12-21(2)3/h4-8,10,16H,9,11-14H2,1-3H3/t16-/m0/s1. The Morgan fingerprint density at radius 2 is 2.04 bits per heavy atom. The van der Waals surface area contributed by atoms with Crippen LogP contribution in [0.2, 0.25) is 0 Å². The van der Waals surface area contributed by atoms with Gasteiger partial charge in [-0.05, 0) is 45.6 Å². The summed E-state index contributed by atoms with van der Waals surface area (Å²) in [5.41, 5.74) is 2.25. The number of carbonyl (C=O) groups is 1. The Labute approximate surface area is 149 Å². The SMILES string of the molecule is Cc1ccc(OCC(=O)N2Cc3ccnn3CC[C@H]2CN(C)C)cc1. The van der Waals surface area contributed by atoms with E-state index in [4.69, 9.17) is 4.74 Å². The molecule has 25 heavy (non-hydrogen) atoms. The number of likely N-dealkylation sites (N-methyl/N-ethyl adjacent to an activating group) is 1. The molecule has 6 nitrogen and oxygen atoms in total. The summed E-state index contributed by atoms with van der Waals surface area (Å²) in [7, 11) is 4.07. The number of hydrogen-bond donors (Lipinski definition) is 0. The summed E-state index contributed by atoms with van der Waals surface area (Å²) in [6.07, 6.45) is 2.69. The highest BCUT2D eigenvalue weighted by molar-refractivity contribution is 5.78. The third kappa shape index (κ3) is 4.39. The number of rotatable bonds is 5. The lowest BCUT2D eigenvalue weighted by Crippen LogP contribution is -2.46. The molecule has 0 saturated carbocycles. The van der Waals surface area contributed by atoms with Gasteiger partial charge in [-0.2, -0.15) is 5.10 Å². The Morgan fingerprint density at radius 3 is 2.76 bits per heavy atom. The first-order valence-corrected chi connectivity index (χ1v) is 8.67. The molecule has 0 spiro atoms. The molecule has 2 heterocycles. The molecule has 0 aliphatic carbocycles. The number of hydrogen-bond acceptors (Lipinski definition) is 4. The molecule has 3 rings (SSSR count). The fourth-order valence-electron chi connectivity index (χ4n) is 3.19. The summed E-state index contributed by atoms with van der Waals surface area (Å²) in [6.45, 7) is 4.33. The fraction of sp³-hybridized carbons (Fsp3) is 0.474. The highest BCUT2D eigenvalue weighted by atomic mass is 16.5. The summed E-state index contributed by atoms with van der Waals surface area (Å²) in [5, 5.41) is 4.36. The molecule has 0 radical (unpaired) electrons. The molecule has 1 aliphatic heterocycles. The van der Waals surface area contributed by atoms with Gasteiger partial charge in [0.05, 0.1) is 12.2 Å². The molecule has 2 aromatic rings. The Balaban J connectivity index is 1.70. The van der Waals surface area contributed by atoms with Gasteiger partial charge in [-0.1, -0.05) is 17.7 Å². The second-order valence-corrected chi connectivity index (χ2v) is 6.87. The maximum atomic E-state index is 12.9. The van der Waals surface area contributed by atoms with Crippen molar-refractivity contribution in [1.82, 2.24) is 19.6 Å². The van der Waals surface area contributed by atoms with Crippen LogP contribution in [0.5, 0.6) is 5.75 Å². The molecule has 1 aliphatic rings. The molecule has 1 atom stereocenters. The number of carbonyl (C=O) groups excluding carboxylic acids is 1. The van der Waals surface area contributed by atoms with Gasteiger partial charge in [0, 0.05) is 25.3 Å². The maximum absolute atomic E-state index is 12.9. The van der Waals surface area contributed by atoms with Crippen molar-refractivity contribution in [3.63, 3.8) is 0 Å². The van der Waals surface area contributed by atoms with Gasteiger partial charge in [0.1, 0.15) is 5.75 Å². The molecule has 1 amide bonds. The normalized spacial score (nSPS) is 17.3. The molecular weight excluding hydrogens is 316 g/mol. The van der Waals surface area contributed by atoms with E-state index in [-0.39, 0.29) is 18.6 Å². The van der Waals surface area contributed by atoms with E-state index in [0.717, 1.165) is 31.0 Å². The topological polar surface area (TPSA) is 50.6 Å². The zero-order valence-corrected chi connectivity index (χ0v) is 15.2. The van der Waals surface area contributed by atoms with Gasteiger partial charge in [0.2, 0.25) is 0 Å². The molecule has 6 heteroatoms. The van der Waals surface area contributed by atoms with Crippen LogP contribution in [-0.4, -0.2) is 58.8 Å². The summed E-state index contributed by atoms with van der Waals surface area (Å²) in [6, 6.07) is 9.91. The van der Waals surface area contributed by atoms with Crippen molar-refractivity contribution < 1.29 is 9.53 Å². The zero-order valence-electron chi connectivity index (χ0n) is 15.2. The number of amides is 1. The Kier molecular flexibility index (Phi) is 5.38. The highest BCUT2D eigenvalue weighted by Crippen LogP contribution is 2.19. The lowest BCUT2D eigenvalue weighted by molar-refractivity contribution is -0.136. The van der Waals surface area contributed by atoms with Crippen LogP contribution in [-0.2, 0) is 17.9 Å². The smallest absolute Gasteiger partial charge is 0.261 e. The fourth-order valence-corrected chi connectivity index (χ4v) is 3.19. The lowest BCUT2D eigenvalue weighted by Gasteiger charge is -2.31. The van der Waals surface area contributed by atoms with E-state index in [9.17, 15) is 4.79 Å². The third-order valence-electron chi connectivity index (χ3n) is 4.53. The Bertz CT molecular complexity index is 708. The monoisotopic (exact) mass is 342 g/mol. The molecule has 1 aromatic carbocycles.